The van der Waals surface area contributed by atoms with Crippen LogP contribution in [0.25, 0.3) is 17.4 Å². The van der Waals surface area contributed by atoms with Crippen LogP contribution in [0.5, 0.6) is 0 Å². The van der Waals surface area contributed by atoms with E-state index in [0.717, 1.165) is 43.1 Å². The number of amides is 1. The second-order valence-corrected chi connectivity index (χ2v) is 8.73. The maximum Gasteiger partial charge on any atom is 0.239 e. The molecule has 1 saturated heterocycles. The van der Waals surface area contributed by atoms with Crippen LogP contribution in [0.15, 0.2) is 28.7 Å². The number of furan rings is 1. The Kier molecular flexibility index (Phi) is 6.38. The van der Waals surface area contributed by atoms with Gasteiger partial charge < -0.3 is 14.6 Å². The lowest BCUT2D eigenvalue weighted by molar-refractivity contribution is -0.117. The van der Waals surface area contributed by atoms with E-state index in [4.69, 9.17) is 4.42 Å². The topological polar surface area (TPSA) is 92.3 Å². The zero-order valence-corrected chi connectivity index (χ0v) is 19.4. The first-order valence-corrected chi connectivity index (χ1v) is 11.0. The van der Waals surface area contributed by atoms with Crippen molar-refractivity contribution in [2.45, 2.75) is 39.7 Å². The summed E-state index contributed by atoms with van der Waals surface area (Å²) in [6.07, 6.45) is 2.25. The minimum Gasteiger partial charge on any atom is -0.458 e. The van der Waals surface area contributed by atoms with Crippen molar-refractivity contribution in [2.24, 2.45) is 0 Å². The molecule has 0 aromatic carbocycles. The molecule has 0 spiro atoms. The Hall–Kier alpha value is -3.04. The van der Waals surface area contributed by atoms with E-state index in [0.29, 0.717) is 35.8 Å². The van der Waals surface area contributed by atoms with Crippen molar-refractivity contribution in [1.82, 2.24) is 29.5 Å². The number of nitrogens with one attached hydrogen (secondary N) is 1. The molecule has 1 aliphatic heterocycles. The van der Waals surface area contributed by atoms with E-state index in [1.807, 2.05) is 39.0 Å². The SMILES string of the molecule is Cc1cc(C)n(-c2cc(NC(=O)CN3CCC[C@H](N(C)C)C3)nc(-c3ccc(C)o3)n2)n1. The van der Waals surface area contributed by atoms with Gasteiger partial charge >= 0.3 is 0 Å². The van der Waals surface area contributed by atoms with Crippen molar-refractivity contribution in [3.05, 3.63) is 41.4 Å². The quantitative estimate of drug-likeness (QED) is 0.634. The first-order valence-electron chi connectivity index (χ1n) is 11.0. The summed E-state index contributed by atoms with van der Waals surface area (Å²) in [5.74, 6) is 2.64. The van der Waals surface area contributed by atoms with Crippen LogP contribution in [-0.2, 0) is 4.79 Å². The third kappa shape index (κ3) is 5.05. The Morgan fingerprint density at radius 1 is 1.22 bits per heavy atom. The van der Waals surface area contributed by atoms with Crippen LogP contribution in [0.4, 0.5) is 5.82 Å². The molecule has 1 atom stereocenters. The Labute approximate surface area is 188 Å². The number of rotatable bonds is 6. The Morgan fingerprint density at radius 2 is 2.03 bits per heavy atom. The van der Waals surface area contributed by atoms with Gasteiger partial charge in [-0.05, 0) is 72.5 Å². The molecule has 1 amide bonds. The van der Waals surface area contributed by atoms with Crippen LogP contribution in [0.3, 0.4) is 0 Å². The van der Waals surface area contributed by atoms with E-state index in [-0.39, 0.29) is 5.91 Å². The maximum atomic E-state index is 12.9. The lowest BCUT2D eigenvalue weighted by Gasteiger charge is -2.35. The average Bonchev–Trinajstić information content (AvgIpc) is 3.32. The number of aryl methyl sites for hydroxylation is 3. The molecule has 4 rings (SSSR count). The molecule has 170 valence electrons. The van der Waals surface area contributed by atoms with E-state index in [2.05, 4.69) is 44.3 Å². The number of hydrogen-bond donors (Lipinski definition) is 1. The lowest BCUT2D eigenvalue weighted by Crippen LogP contribution is -2.47. The summed E-state index contributed by atoms with van der Waals surface area (Å²) in [5.41, 5.74) is 1.84. The van der Waals surface area contributed by atoms with E-state index >= 15 is 0 Å². The van der Waals surface area contributed by atoms with Gasteiger partial charge in [0.15, 0.2) is 17.4 Å². The van der Waals surface area contributed by atoms with Crippen molar-refractivity contribution in [2.75, 3.05) is 39.0 Å². The molecule has 3 aromatic heterocycles. The normalized spacial score (nSPS) is 17.1. The molecule has 0 bridgehead atoms. The van der Waals surface area contributed by atoms with Crippen LogP contribution in [0.2, 0.25) is 0 Å². The van der Waals surface area contributed by atoms with E-state index in [1.54, 1.807) is 10.7 Å². The van der Waals surface area contributed by atoms with Gasteiger partial charge in [-0.15, -0.1) is 0 Å². The number of carbonyl (C=O) groups is 1. The zero-order chi connectivity index (χ0) is 22.8. The fourth-order valence-corrected chi connectivity index (χ4v) is 4.11. The molecule has 32 heavy (non-hydrogen) atoms. The smallest absolute Gasteiger partial charge is 0.239 e. The van der Waals surface area contributed by atoms with Gasteiger partial charge in [-0.1, -0.05) is 0 Å². The van der Waals surface area contributed by atoms with Crippen LogP contribution in [0, 0.1) is 20.8 Å². The second kappa shape index (κ2) is 9.22. The van der Waals surface area contributed by atoms with Gasteiger partial charge in [-0.3, -0.25) is 9.69 Å². The highest BCUT2D eigenvalue weighted by molar-refractivity contribution is 5.91. The average molecular weight is 438 g/mol. The van der Waals surface area contributed by atoms with Crippen molar-refractivity contribution in [3.63, 3.8) is 0 Å². The van der Waals surface area contributed by atoms with Crippen molar-refractivity contribution in [1.29, 1.82) is 0 Å². The van der Waals surface area contributed by atoms with Gasteiger partial charge in [-0.2, -0.15) is 5.10 Å². The summed E-state index contributed by atoms with van der Waals surface area (Å²) in [5, 5.41) is 7.49. The van der Waals surface area contributed by atoms with Crippen LogP contribution < -0.4 is 5.32 Å². The summed E-state index contributed by atoms with van der Waals surface area (Å²) in [7, 11) is 4.18. The number of likely N-dealkylation sites (N-methyl/N-ethyl adjacent to an activating group) is 1. The Morgan fingerprint density at radius 3 is 2.69 bits per heavy atom. The van der Waals surface area contributed by atoms with Crippen LogP contribution >= 0.6 is 0 Å². The molecular formula is C23H31N7O2. The van der Waals surface area contributed by atoms with Gasteiger partial charge in [0.25, 0.3) is 0 Å². The number of hydrogen-bond acceptors (Lipinski definition) is 7. The maximum absolute atomic E-state index is 12.9. The monoisotopic (exact) mass is 437 g/mol. The molecule has 0 saturated carbocycles. The number of aromatic nitrogens is 4. The highest BCUT2D eigenvalue weighted by atomic mass is 16.3. The molecule has 9 heteroatoms. The molecule has 3 aromatic rings. The third-order valence-corrected chi connectivity index (χ3v) is 5.75. The molecule has 9 nitrogen and oxygen atoms in total. The van der Waals surface area contributed by atoms with E-state index in [9.17, 15) is 4.79 Å². The number of anilines is 1. The largest absolute Gasteiger partial charge is 0.458 e. The van der Waals surface area contributed by atoms with Crippen molar-refractivity contribution in [3.8, 4) is 17.4 Å². The number of carbonyl (C=O) groups excluding carboxylic acids is 1. The lowest BCUT2D eigenvalue weighted by atomic mass is 10.1. The van der Waals surface area contributed by atoms with Crippen molar-refractivity contribution < 1.29 is 9.21 Å². The van der Waals surface area contributed by atoms with E-state index in [1.165, 1.54) is 0 Å². The first-order chi connectivity index (χ1) is 15.3. The Bertz CT molecular complexity index is 1100. The molecule has 0 unspecified atom stereocenters. The molecule has 0 aliphatic carbocycles. The number of nitrogens with zero attached hydrogens (tertiary/aromatic N) is 6. The number of likely N-dealkylation sites (tertiary alicyclic amines) is 1. The molecular weight excluding hydrogens is 406 g/mol. The minimum absolute atomic E-state index is 0.0935. The third-order valence-electron chi connectivity index (χ3n) is 5.75. The molecule has 1 fully saturated rings. The predicted octanol–water partition coefficient (Wildman–Crippen LogP) is 2.81. The summed E-state index contributed by atoms with van der Waals surface area (Å²) >= 11 is 0. The summed E-state index contributed by atoms with van der Waals surface area (Å²) in [4.78, 5) is 26.5. The van der Waals surface area contributed by atoms with Crippen LogP contribution in [0.1, 0.15) is 30.0 Å². The van der Waals surface area contributed by atoms with Gasteiger partial charge in [0, 0.05) is 24.3 Å². The molecule has 1 N–H and O–H groups in total. The Balaban J connectivity index is 1.58. The van der Waals surface area contributed by atoms with Crippen molar-refractivity contribution >= 4 is 11.7 Å². The van der Waals surface area contributed by atoms with Gasteiger partial charge in [0.2, 0.25) is 5.91 Å². The highest BCUT2D eigenvalue weighted by Crippen LogP contribution is 2.23. The molecule has 4 heterocycles. The first kappa shape index (κ1) is 22.2. The second-order valence-electron chi connectivity index (χ2n) is 8.73. The number of piperidine rings is 1. The summed E-state index contributed by atoms with van der Waals surface area (Å²) in [6.45, 7) is 7.92. The fourth-order valence-electron chi connectivity index (χ4n) is 4.11. The van der Waals surface area contributed by atoms with Gasteiger partial charge in [-0.25, -0.2) is 14.6 Å². The highest BCUT2D eigenvalue weighted by Gasteiger charge is 2.23. The molecule has 0 radical (unpaired) electrons. The summed E-state index contributed by atoms with van der Waals surface area (Å²) < 4.78 is 7.48. The predicted molar refractivity (Wildman–Crippen MR) is 123 cm³/mol. The zero-order valence-electron chi connectivity index (χ0n) is 19.4. The van der Waals surface area contributed by atoms with Crippen LogP contribution in [-0.4, -0.2) is 75.2 Å². The molecule has 1 aliphatic rings. The van der Waals surface area contributed by atoms with Gasteiger partial charge in [0.1, 0.15) is 11.6 Å². The standard InChI is InChI=1S/C23H31N7O2/c1-15-11-16(2)30(27-15)21-12-20(25-23(26-21)19-9-8-17(3)32-19)24-22(31)14-29-10-6-7-18(13-29)28(4)5/h8-9,11-12,18H,6-7,10,13-14H2,1-5H3,(H,24,25,26,31)/t18-/m0/s1. The fraction of sp³-hybridized carbons (Fsp3) is 0.478. The summed E-state index contributed by atoms with van der Waals surface area (Å²) in [6, 6.07) is 7.90. The van der Waals surface area contributed by atoms with E-state index < -0.39 is 0 Å². The minimum atomic E-state index is -0.0935. The van der Waals surface area contributed by atoms with Gasteiger partial charge in [0.05, 0.1) is 12.2 Å².